The van der Waals surface area contributed by atoms with E-state index >= 15 is 0 Å². The van der Waals surface area contributed by atoms with Crippen LogP contribution in [0, 0.1) is 3.57 Å². The monoisotopic (exact) mass is 658 g/mol. The summed E-state index contributed by atoms with van der Waals surface area (Å²) in [6, 6.07) is 15.1. The lowest BCUT2D eigenvalue weighted by Crippen LogP contribution is -2.45. The van der Waals surface area contributed by atoms with Crippen molar-refractivity contribution in [3.63, 3.8) is 0 Å². The first-order valence-corrected chi connectivity index (χ1v) is 13.3. The van der Waals surface area contributed by atoms with Gasteiger partial charge in [-0.1, -0.05) is 18.2 Å². The van der Waals surface area contributed by atoms with Crippen LogP contribution >= 0.6 is 22.6 Å². The van der Waals surface area contributed by atoms with Gasteiger partial charge < -0.3 is 29.3 Å². The quantitative estimate of drug-likeness (QED) is 0.128. The molecule has 1 atom stereocenters. The number of rotatable bonds is 10. The highest BCUT2D eigenvalue weighted by atomic mass is 127. The Hall–Kier alpha value is -4.33. The zero-order valence-corrected chi connectivity index (χ0v) is 24.1. The number of hydrogen-bond donors (Lipinski definition) is 3. The van der Waals surface area contributed by atoms with Gasteiger partial charge in [-0.2, -0.15) is 5.10 Å². The third-order valence-electron chi connectivity index (χ3n) is 5.78. The van der Waals surface area contributed by atoms with Crippen molar-refractivity contribution < 1.29 is 33.0 Å². The number of benzene rings is 2. The molecule has 12 heteroatoms. The number of urea groups is 1. The molecule has 4 rings (SSSR count). The first-order chi connectivity index (χ1) is 19.3. The van der Waals surface area contributed by atoms with E-state index in [4.69, 9.17) is 18.6 Å². The van der Waals surface area contributed by atoms with Crippen molar-refractivity contribution in [2.24, 2.45) is 5.10 Å². The van der Waals surface area contributed by atoms with E-state index in [1.807, 2.05) is 30.3 Å². The smallest absolute Gasteiger partial charge is 0.338 e. The van der Waals surface area contributed by atoms with Crippen LogP contribution in [0.5, 0.6) is 11.5 Å². The molecular weight excluding hydrogens is 631 g/mol. The van der Waals surface area contributed by atoms with E-state index in [2.05, 4.69) is 43.8 Å². The summed E-state index contributed by atoms with van der Waals surface area (Å²) in [6.07, 6.45) is 1.40. The van der Waals surface area contributed by atoms with Crippen LogP contribution in [0.25, 0.3) is 11.3 Å². The molecule has 2 heterocycles. The number of halogens is 1. The van der Waals surface area contributed by atoms with Gasteiger partial charge in [0, 0.05) is 14.8 Å². The van der Waals surface area contributed by atoms with Crippen molar-refractivity contribution in [2.75, 3.05) is 20.3 Å². The molecule has 1 aromatic heterocycles. The van der Waals surface area contributed by atoms with Crippen LogP contribution < -0.4 is 25.5 Å². The second-order valence-corrected chi connectivity index (χ2v) is 9.74. The Balaban J connectivity index is 1.37. The fourth-order valence-corrected chi connectivity index (χ4v) is 4.30. The third-order valence-corrected chi connectivity index (χ3v) is 6.50. The molecule has 0 bridgehead atoms. The largest absolute Gasteiger partial charge is 0.493 e. The number of methoxy groups -OCH3 is 1. The maximum atomic E-state index is 12.6. The first kappa shape index (κ1) is 28.7. The Morgan fingerprint density at radius 3 is 2.62 bits per heavy atom. The zero-order valence-electron chi connectivity index (χ0n) is 21.9. The molecule has 0 radical (unpaired) electrons. The van der Waals surface area contributed by atoms with Crippen molar-refractivity contribution in [1.29, 1.82) is 0 Å². The van der Waals surface area contributed by atoms with Crippen LogP contribution in [0.2, 0.25) is 0 Å². The predicted octanol–water partition coefficient (Wildman–Crippen LogP) is 4.28. The zero-order chi connectivity index (χ0) is 28.6. The molecule has 40 heavy (non-hydrogen) atoms. The van der Waals surface area contributed by atoms with Crippen molar-refractivity contribution in [3.8, 4) is 22.8 Å². The highest BCUT2D eigenvalue weighted by Gasteiger charge is 2.32. The topological polar surface area (TPSA) is 140 Å². The van der Waals surface area contributed by atoms with Crippen molar-refractivity contribution in [1.82, 2.24) is 16.1 Å². The molecule has 0 saturated heterocycles. The third kappa shape index (κ3) is 7.00. The van der Waals surface area contributed by atoms with Gasteiger partial charge in [0.05, 0.1) is 31.5 Å². The van der Waals surface area contributed by atoms with E-state index in [-0.39, 0.29) is 24.5 Å². The van der Waals surface area contributed by atoms with Gasteiger partial charge >= 0.3 is 12.0 Å². The van der Waals surface area contributed by atoms with Gasteiger partial charge in [-0.3, -0.25) is 4.79 Å². The van der Waals surface area contributed by atoms with E-state index < -0.39 is 23.9 Å². The van der Waals surface area contributed by atoms with Crippen LogP contribution in [0.4, 0.5) is 4.79 Å². The lowest BCUT2D eigenvalue weighted by Gasteiger charge is -2.28. The molecule has 3 N–H and O–H groups in total. The summed E-state index contributed by atoms with van der Waals surface area (Å²) in [5.74, 6) is 0.712. The number of nitrogens with zero attached hydrogens (tertiary/aromatic N) is 1. The molecule has 0 saturated carbocycles. The van der Waals surface area contributed by atoms with E-state index in [0.29, 0.717) is 28.5 Å². The summed E-state index contributed by atoms with van der Waals surface area (Å²) in [4.78, 5) is 37.0. The first-order valence-electron chi connectivity index (χ1n) is 12.2. The average Bonchev–Trinajstić information content (AvgIpc) is 3.40. The number of allylic oxidation sites excluding steroid dienone is 1. The Morgan fingerprint density at radius 2 is 1.90 bits per heavy atom. The molecule has 0 spiro atoms. The molecule has 0 unspecified atom stereocenters. The van der Waals surface area contributed by atoms with Gasteiger partial charge in [0.25, 0.3) is 5.91 Å². The number of hydrazone groups is 1. The van der Waals surface area contributed by atoms with Gasteiger partial charge in [-0.25, -0.2) is 15.0 Å². The van der Waals surface area contributed by atoms with Gasteiger partial charge in [0.2, 0.25) is 0 Å². The lowest BCUT2D eigenvalue weighted by molar-refractivity contribution is -0.139. The van der Waals surface area contributed by atoms with Crippen molar-refractivity contribution in [2.45, 2.75) is 19.9 Å². The van der Waals surface area contributed by atoms with Crippen molar-refractivity contribution in [3.05, 3.63) is 80.8 Å². The van der Waals surface area contributed by atoms with E-state index in [0.717, 1.165) is 9.13 Å². The summed E-state index contributed by atoms with van der Waals surface area (Å²) in [6.45, 7) is 3.18. The SMILES string of the molecule is CCOC(=O)C1=C(C)NC(=O)N[C@H]1c1ccc(OCC(=O)N/N=C\c2ccc(-c3ccc(I)cc3)o2)c(OC)c1. The second kappa shape index (κ2) is 13.2. The molecule has 3 aromatic rings. The molecule has 208 valence electrons. The fourth-order valence-electron chi connectivity index (χ4n) is 3.94. The summed E-state index contributed by atoms with van der Waals surface area (Å²) in [7, 11) is 1.44. The van der Waals surface area contributed by atoms with E-state index in [1.54, 1.807) is 38.1 Å². The number of carbonyl (C=O) groups is 3. The standard InChI is InChI=1S/C28H27IN4O7/c1-4-38-27(35)25-16(2)31-28(36)32-26(25)18-7-11-22(23(13-18)37-3)39-15-24(34)33-30-14-20-10-12-21(40-20)17-5-8-19(29)9-6-17/h5-14,26H,4,15H2,1-3H3,(H,33,34)(H2,31,32,36)/b30-14-/t26-/m0/s1. The van der Waals surface area contributed by atoms with E-state index in [9.17, 15) is 14.4 Å². The van der Waals surface area contributed by atoms with Crippen molar-refractivity contribution >= 4 is 46.7 Å². The van der Waals surface area contributed by atoms with Crippen LogP contribution in [0.15, 0.2) is 75.4 Å². The fraction of sp³-hybridized carbons (Fsp3) is 0.214. The highest BCUT2D eigenvalue weighted by molar-refractivity contribution is 14.1. The number of esters is 1. The minimum atomic E-state index is -0.763. The Kier molecular flexibility index (Phi) is 9.43. The van der Waals surface area contributed by atoms with Crippen LogP contribution in [-0.4, -0.2) is 44.4 Å². The van der Waals surface area contributed by atoms with Crippen LogP contribution in [0.1, 0.15) is 31.2 Å². The van der Waals surface area contributed by atoms with E-state index in [1.165, 1.54) is 13.3 Å². The number of amides is 3. The summed E-state index contributed by atoms with van der Waals surface area (Å²) >= 11 is 2.23. The molecule has 1 aliphatic rings. The molecule has 1 aliphatic heterocycles. The minimum absolute atomic E-state index is 0.189. The number of hydrogen-bond acceptors (Lipinski definition) is 8. The Labute approximate surface area is 244 Å². The predicted molar refractivity (Wildman–Crippen MR) is 155 cm³/mol. The normalized spacial score (nSPS) is 14.9. The number of carbonyl (C=O) groups excluding carboxylic acids is 3. The molecule has 3 amide bonds. The Morgan fingerprint density at radius 1 is 1.12 bits per heavy atom. The summed E-state index contributed by atoms with van der Waals surface area (Å²) < 4.78 is 23.1. The molecule has 0 fully saturated rings. The summed E-state index contributed by atoms with van der Waals surface area (Å²) in [5, 5.41) is 9.24. The maximum absolute atomic E-state index is 12.6. The highest BCUT2D eigenvalue weighted by Crippen LogP contribution is 2.34. The van der Waals surface area contributed by atoms with Crippen LogP contribution in [0.3, 0.4) is 0 Å². The molecular formula is C28H27IN4O7. The van der Waals surface area contributed by atoms with Crippen LogP contribution in [-0.2, 0) is 14.3 Å². The van der Waals surface area contributed by atoms with Gasteiger partial charge in [0.15, 0.2) is 18.1 Å². The minimum Gasteiger partial charge on any atom is -0.493 e. The summed E-state index contributed by atoms with van der Waals surface area (Å²) in [5.41, 5.74) is 4.56. The lowest BCUT2D eigenvalue weighted by atomic mass is 9.95. The molecule has 2 aromatic carbocycles. The van der Waals surface area contributed by atoms with Gasteiger partial charge in [0.1, 0.15) is 11.5 Å². The molecule has 11 nitrogen and oxygen atoms in total. The van der Waals surface area contributed by atoms with Gasteiger partial charge in [-0.15, -0.1) is 0 Å². The Bertz CT molecular complexity index is 1460. The maximum Gasteiger partial charge on any atom is 0.338 e. The number of nitrogens with one attached hydrogen (secondary N) is 3. The molecule has 0 aliphatic carbocycles. The van der Waals surface area contributed by atoms with Gasteiger partial charge in [-0.05, 0) is 78.4 Å². The average molecular weight is 658 g/mol. The number of ether oxygens (including phenoxy) is 3. The second-order valence-electron chi connectivity index (χ2n) is 8.49. The number of furan rings is 1.